The average molecular weight is 286 g/mol. The molecule has 21 heavy (non-hydrogen) atoms. The van der Waals surface area contributed by atoms with Gasteiger partial charge in [0.25, 0.3) is 5.91 Å². The molecule has 3 rings (SSSR count). The number of carbonyl (C=O) groups excluding carboxylic acids is 1. The van der Waals surface area contributed by atoms with Crippen LogP contribution in [0.15, 0.2) is 30.7 Å². The SMILES string of the molecule is CNC(=O)c1cn(-c2cccnc2)nc1C1CCOCC1. The first-order valence-corrected chi connectivity index (χ1v) is 7.09. The van der Waals surface area contributed by atoms with Gasteiger partial charge in [0.2, 0.25) is 0 Å². The maximum atomic E-state index is 12.1. The van der Waals surface area contributed by atoms with E-state index in [2.05, 4.69) is 15.4 Å². The minimum Gasteiger partial charge on any atom is -0.381 e. The summed E-state index contributed by atoms with van der Waals surface area (Å²) in [6.45, 7) is 1.44. The largest absolute Gasteiger partial charge is 0.381 e. The summed E-state index contributed by atoms with van der Waals surface area (Å²) in [5.74, 6) is 0.163. The minimum absolute atomic E-state index is 0.105. The Kier molecular flexibility index (Phi) is 3.96. The van der Waals surface area contributed by atoms with Gasteiger partial charge in [0, 0.05) is 38.6 Å². The fourth-order valence-electron chi connectivity index (χ4n) is 2.59. The first kappa shape index (κ1) is 13.8. The Labute approximate surface area is 123 Å². The van der Waals surface area contributed by atoms with Crippen LogP contribution in [0.1, 0.15) is 34.8 Å². The molecule has 1 fully saturated rings. The third-order valence-electron chi connectivity index (χ3n) is 3.73. The maximum Gasteiger partial charge on any atom is 0.254 e. The van der Waals surface area contributed by atoms with Gasteiger partial charge in [-0.25, -0.2) is 4.68 Å². The molecule has 2 aromatic heterocycles. The number of ether oxygens (including phenoxy) is 1. The van der Waals surface area contributed by atoms with Crippen molar-refractivity contribution in [1.82, 2.24) is 20.1 Å². The molecule has 0 aliphatic carbocycles. The molecule has 1 amide bonds. The molecule has 2 aromatic rings. The molecule has 0 atom stereocenters. The van der Waals surface area contributed by atoms with Crippen LogP contribution >= 0.6 is 0 Å². The van der Waals surface area contributed by atoms with Gasteiger partial charge in [-0.1, -0.05) is 0 Å². The predicted octanol–water partition coefficient (Wildman–Crippen LogP) is 1.52. The van der Waals surface area contributed by atoms with E-state index in [-0.39, 0.29) is 11.8 Å². The average Bonchev–Trinajstić information content (AvgIpc) is 3.01. The minimum atomic E-state index is -0.105. The second-order valence-corrected chi connectivity index (χ2v) is 5.05. The second-order valence-electron chi connectivity index (χ2n) is 5.05. The molecule has 6 heteroatoms. The third kappa shape index (κ3) is 2.80. The quantitative estimate of drug-likeness (QED) is 0.929. The zero-order chi connectivity index (χ0) is 14.7. The van der Waals surface area contributed by atoms with Gasteiger partial charge < -0.3 is 10.1 Å². The number of nitrogens with zero attached hydrogens (tertiary/aromatic N) is 3. The fourth-order valence-corrected chi connectivity index (χ4v) is 2.59. The summed E-state index contributed by atoms with van der Waals surface area (Å²) in [6, 6.07) is 3.77. The second kappa shape index (κ2) is 6.05. The van der Waals surface area contributed by atoms with Crippen molar-refractivity contribution in [2.45, 2.75) is 18.8 Å². The van der Waals surface area contributed by atoms with E-state index < -0.39 is 0 Å². The summed E-state index contributed by atoms with van der Waals surface area (Å²) in [7, 11) is 1.64. The van der Waals surface area contributed by atoms with Crippen molar-refractivity contribution in [3.63, 3.8) is 0 Å². The van der Waals surface area contributed by atoms with Crippen LogP contribution in [0.3, 0.4) is 0 Å². The Morgan fingerprint density at radius 3 is 2.90 bits per heavy atom. The van der Waals surface area contributed by atoms with Gasteiger partial charge in [0.1, 0.15) is 0 Å². The first-order chi connectivity index (χ1) is 10.3. The van der Waals surface area contributed by atoms with Gasteiger partial charge in [-0.2, -0.15) is 5.10 Å². The number of carbonyl (C=O) groups is 1. The summed E-state index contributed by atoms with van der Waals surface area (Å²) >= 11 is 0. The summed E-state index contributed by atoms with van der Waals surface area (Å²) in [5.41, 5.74) is 2.33. The van der Waals surface area contributed by atoms with Crippen molar-refractivity contribution >= 4 is 5.91 Å². The molecular weight excluding hydrogens is 268 g/mol. The van der Waals surface area contributed by atoms with Crippen LogP contribution in [0.2, 0.25) is 0 Å². The summed E-state index contributed by atoms with van der Waals surface area (Å²) in [5, 5.41) is 7.32. The highest BCUT2D eigenvalue weighted by atomic mass is 16.5. The summed E-state index contributed by atoms with van der Waals surface area (Å²) < 4.78 is 7.12. The predicted molar refractivity (Wildman–Crippen MR) is 77.5 cm³/mol. The van der Waals surface area contributed by atoms with Crippen LogP contribution in [0.4, 0.5) is 0 Å². The number of aromatic nitrogens is 3. The Bertz CT molecular complexity index is 618. The summed E-state index contributed by atoms with van der Waals surface area (Å²) in [6.07, 6.45) is 7.02. The molecule has 0 aromatic carbocycles. The normalized spacial score (nSPS) is 15.9. The van der Waals surface area contributed by atoms with Crippen LogP contribution in [-0.2, 0) is 4.74 Å². The van der Waals surface area contributed by atoms with Gasteiger partial charge >= 0.3 is 0 Å². The number of nitrogens with one attached hydrogen (secondary N) is 1. The summed E-state index contributed by atoms with van der Waals surface area (Å²) in [4.78, 5) is 16.2. The van der Waals surface area contributed by atoms with Gasteiger partial charge in [0.15, 0.2) is 0 Å². The van der Waals surface area contributed by atoms with Crippen molar-refractivity contribution in [3.05, 3.63) is 42.0 Å². The molecule has 0 spiro atoms. The van der Waals surface area contributed by atoms with E-state index in [1.807, 2.05) is 12.1 Å². The lowest BCUT2D eigenvalue weighted by Crippen LogP contribution is -2.22. The topological polar surface area (TPSA) is 69.0 Å². The van der Waals surface area contributed by atoms with Gasteiger partial charge in [0.05, 0.1) is 23.1 Å². The molecule has 1 N–H and O–H groups in total. The molecule has 3 heterocycles. The fraction of sp³-hybridized carbons (Fsp3) is 0.400. The number of pyridine rings is 1. The zero-order valence-electron chi connectivity index (χ0n) is 12.0. The molecule has 6 nitrogen and oxygen atoms in total. The van der Waals surface area contributed by atoms with E-state index in [0.717, 1.165) is 37.4 Å². The molecular formula is C15H18N4O2. The van der Waals surface area contributed by atoms with Crippen molar-refractivity contribution in [2.24, 2.45) is 0 Å². The number of hydrogen-bond acceptors (Lipinski definition) is 4. The van der Waals surface area contributed by atoms with Crippen LogP contribution < -0.4 is 5.32 Å². The van der Waals surface area contributed by atoms with E-state index >= 15 is 0 Å². The lowest BCUT2D eigenvalue weighted by Gasteiger charge is -2.21. The van der Waals surface area contributed by atoms with Crippen LogP contribution in [0, 0.1) is 0 Å². The van der Waals surface area contributed by atoms with Gasteiger partial charge in [-0.3, -0.25) is 9.78 Å². The van der Waals surface area contributed by atoms with Crippen LogP contribution in [-0.4, -0.2) is 40.9 Å². The number of hydrogen-bond donors (Lipinski definition) is 1. The van der Waals surface area contributed by atoms with Gasteiger partial charge in [-0.15, -0.1) is 0 Å². The first-order valence-electron chi connectivity index (χ1n) is 7.09. The molecule has 0 saturated carbocycles. The lowest BCUT2D eigenvalue weighted by atomic mass is 9.94. The lowest BCUT2D eigenvalue weighted by molar-refractivity contribution is 0.0834. The highest BCUT2D eigenvalue weighted by molar-refractivity contribution is 5.95. The molecule has 0 unspecified atom stereocenters. The Balaban J connectivity index is 2.00. The van der Waals surface area contributed by atoms with E-state index in [1.54, 1.807) is 30.3 Å². The zero-order valence-corrected chi connectivity index (χ0v) is 12.0. The van der Waals surface area contributed by atoms with E-state index in [1.165, 1.54) is 0 Å². The molecule has 1 aliphatic rings. The number of amides is 1. The maximum absolute atomic E-state index is 12.1. The molecule has 1 aliphatic heterocycles. The van der Waals surface area contributed by atoms with E-state index in [0.29, 0.717) is 5.56 Å². The third-order valence-corrected chi connectivity index (χ3v) is 3.73. The van der Waals surface area contributed by atoms with Crippen molar-refractivity contribution in [2.75, 3.05) is 20.3 Å². The highest BCUT2D eigenvalue weighted by Gasteiger charge is 2.25. The van der Waals surface area contributed by atoms with E-state index in [9.17, 15) is 4.79 Å². The van der Waals surface area contributed by atoms with Crippen molar-refractivity contribution in [1.29, 1.82) is 0 Å². The van der Waals surface area contributed by atoms with Gasteiger partial charge in [-0.05, 0) is 25.0 Å². The van der Waals surface area contributed by atoms with Crippen molar-refractivity contribution < 1.29 is 9.53 Å². The molecule has 1 saturated heterocycles. The highest BCUT2D eigenvalue weighted by Crippen LogP contribution is 2.29. The van der Waals surface area contributed by atoms with E-state index in [4.69, 9.17) is 4.74 Å². The molecule has 0 bridgehead atoms. The Morgan fingerprint density at radius 1 is 1.43 bits per heavy atom. The van der Waals surface area contributed by atoms with Crippen molar-refractivity contribution in [3.8, 4) is 5.69 Å². The Morgan fingerprint density at radius 2 is 2.24 bits per heavy atom. The smallest absolute Gasteiger partial charge is 0.254 e. The molecule has 0 radical (unpaired) electrons. The standard InChI is InChI=1S/C15H18N4O2/c1-16-15(20)13-10-19(12-3-2-6-17-9-12)18-14(13)11-4-7-21-8-5-11/h2-3,6,9-11H,4-5,7-8H2,1H3,(H,16,20). The van der Waals surface area contributed by atoms with Crippen LogP contribution in [0.5, 0.6) is 0 Å². The van der Waals surface area contributed by atoms with Crippen LogP contribution in [0.25, 0.3) is 5.69 Å². The Hall–Kier alpha value is -2.21. The number of rotatable bonds is 3. The molecule has 110 valence electrons. The monoisotopic (exact) mass is 286 g/mol.